The molecule has 0 N–H and O–H groups in total. The van der Waals surface area contributed by atoms with E-state index in [0.29, 0.717) is 5.76 Å². The van der Waals surface area contributed by atoms with Crippen molar-refractivity contribution >= 4 is 16.8 Å². The lowest BCUT2D eigenvalue weighted by Gasteiger charge is -2.08. The molecule has 102 valence electrons. The molecule has 2 aromatic heterocycles. The third-order valence-electron chi connectivity index (χ3n) is 3.28. The van der Waals surface area contributed by atoms with E-state index in [0.717, 1.165) is 16.8 Å². The molecule has 0 aliphatic rings. The Morgan fingerprint density at radius 1 is 1.35 bits per heavy atom. The van der Waals surface area contributed by atoms with Crippen LogP contribution in [0.1, 0.15) is 36.1 Å². The molecule has 0 atom stereocenters. The molecular weight excluding hydrogens is 252 g/mol. The normalized spacial score (nSPS) is 11.3. The quantitative estimate of drug-likeness (QED) is 0.679. The molecule has 0 bridgehead atoms. The van der Waals surface area contributed by atoms with Crippen LogP contribution in [0.4, 0.5) is 0 Å². The predicted octanol–water partition coefficient (Wildman–Crippen LogP) is 3.64. The third-order valence-corrected chi connectivity index (χ3v) is 3.28. The number of benzene rings is 1. The third kappa shape index (κ3) is 2.25. The van der Waals surface area contributed by atoms with Crippen molar-refractivity contribution in [3.63, 3.8) is 0 Å². The molecule has 0 spiro atoms. The van der Waals surface area contributed by atoms with Crippen LogP contribution in [0.25, 0.3) is 11.0 Å². The number of furan rings is 1. The fourth-order valence-corrected chi connectivity index (χ4v) is 2.31. The average molecular weight is 268 g/mol. The van der Waals surface area contributed by atoms with Crippen LogP contribution in [0.15, 0.2) is 47.1 Å². The Balaban J connectivity index is 1.87. The van der Waals surface area contributed by atoms with Crippen LogP contribution in [0.5, 0.6) is 0 Å². The van der Waals surface area contributed by atoms with E-state index in [-0.39, 0.29) is 18.2 Å². The molecule has 3 rings (SSSR count). The van der Waals surface area contributed by atoms with Gasteiger partial charge in [0.25, 0.3) is 0 Å². The summed E-state index contributed by atoms with van der Waals surface area (Å²) >= 11 is 0. The Morgan fingerprint density at radius 3 is 2.90 bits per heavy atom. The number of carbonyl (C=O) groups excluding carboxylic acids is 1. The van der Waals surface area contributed by atoms with Crippen molar-refractivity contribution in [2.24, 2.45) is 0 Å². The lowest BCUT2D eigenvalue weighted by molar-refractivity contribution is 0.0946. The van der Waals surface area contributed by atoms with Crippen molar-refractivity contribution in [2.75, 3.05) is 0 Å². The molecular formula is C16H16N2O2. The Labute approximate surface area is 117 Å². The van der Waals surface area contributed by atoms with Gasteiger partial charge >= 0.3 is 0 Å². The number of para-hydroxylation sites is 1. The highest BCUT2D eigenvalue weighted by Crippen LogP contribution is 2.20. The molecule has 20 heavy (non-hydrogen) atoms. The highest BCUT2D eigenvalue weighted by molar-refractivity contribution is 5.97. The molecule has 0 amide bonds. The summed E-state index contributed by atoms with van der Waals surface area (Å²) in [4.78, 5) is 16.6. The lowest BCUT2D eigenvalue weighted by atomic mass is 10.2. The zero-order chi connectivity index (χ0) is 14.1. The molecule has 0 saturated heterocycles. The number of nitrogens with zero attached hydrogens (tertiary/aromatic N) is 2. The van der Waals surface area contributed by atoms with E-state index in [4.69, 9.17) is 4.42 Å². The van der Waals surface area contributed by atoms with E-state index in [1.54, 1.807) is 12.3 Å². The Kier molecular flexibility index (Phi) is 3.14. The molecule has 0 fully saturated rings. The van der Waals surface area contributed by atoms with Gasteiger partial charge in [-0.15, -0.1) is 0 Å². The number of aromatic nitrogens is 2. The first kappa shape index (κ1) is 12.7. The Bertz CT molecular complexity index is 720. The highest BCUT2D eigenvalue weighted by atomic mass is 16.3. The number of Topliss-reactive ketones (excluding diaryl/α,β-unsaturated/α-hetero) is 1. The Hall–Kier alpha value is -2.36. The van der Waals surface area contributed by atoms with Gasteiger partial charge in [-0.25, -0.2) is 4.98 Å². The second kappa shape index (κ2) is 4.96. The van der Waals surface area contributed by atoms with Gasteiger partial charge in [-0.2, -0.15) is 0 Å². The van der Waals surface area contributed by atoms with Crippen molar-refractivity contribution in [2.45, 2.75) is 26.3 Å². The molecule has 0 saturated carbocycles. The van der Waals surface area contributed by atoms with Crippen LogP contribution in [0.3, 0.4) is 0 Å². The molecule has 0 aliphatic heterocycles. The maximum atomic E-state index is 12.3. The molecule has 3 aromatic rings. The summed E-state index contributed by atoms with van der Waals surface area (Å²) in [5.74, 6) is 1.55. The smallest absolute Gasteiger partial charge is 0.217 e. The van der Waals surface area contributed by atoms with Crippen molar-refractivity contribution in [3.8, 4) is 0 Å². The molecule has 2 heterocycles. The average Bonchev–Trinajstić information content (AvgIpc) is 3.03. The summed E-state index contributed by atoms with van der Waals surface area (Å²) in [5.41, 5.74) is 0.741. The summed E-state index contributed by atoms with van der Waals surface area (Å²) in [6.45, 7) is 4.38. The van der Waals surface area contributed by atoms with Crippen molar-refractivity contribution in [1.29, 1.82) is 0 Å². The zero-order valence-electron chi connectivity index (χ0n) is 11.5. The summed E-state index contributed by atoms with van der Waals surface area (Å²) in [6.07, 6.45) is 3.55. The van der Waals surface area contributed by atoms with Gasteiger partial charge < -0.3 is 8.98 Å². The van der Waals surface area contributed by atoms with Crippen LogP contribution in [0, 0.1) is 0 Å². The maximum absolute atomic E-state index is 12.3. The van der Waals surface area contributed by atoms with Gasteiger partial charge in [-0.05, 0) is 12.1 Å². The number of fused-ring (bicyclic) bond motifs is 1. The Morgan fingerprint density at radius 2 is 2.15 bits per heavy atom. The molecule has 0 aliphatic carbocycles. The summed E-state index contributed by atoms with van der Waals surface area (Å²) in [5, 5.41) is 0.950. The first-order valence-corrected chi connectivity index (χ1v) is 6.68. The summed E-state index contributed by atoms with van der Waals surface area (Å²) in [6, 6.07) is 9.42. The van der Waals surface area contributed by atoms with Gasteiger partial charge in [-0.1, -0.05) is 32.0 Å². The number of ketones is 1. The highest BCUT2D eigenvalue weighted by Gasteiger charge is 2.15. The molecule has 4 nitrogen and oxygen atoms in total. The van der Waals surface area contributed by atoms with E-state index < -0.39 is 0 Å². The van der Waals surface area contributed by atoms with Crippen LogP contribution < -0.4 is 0 Å². The number of rotatable bonds is 4. The predicted molar refractivity (Wildman–Crippen MR) is 76.9 cm³/mol. The first-order chi connectivity index (χ1) is 9.65. The van der Waals surface area contributed by atoms with E-state index in [1.807, 2.05) is 35.0 Å². The van der Waals surface area contributed by atoms with E-state index >= 15 is 0 Å². The zero-order valence-corrected chi connectivity index (χ0v) is 11.5. The van der Waals surface area contributed by atoms with Gasteiger partial charge in [0.05, 0.1) is 6.54 Å². The van der Waals surface area contributed by atoms with Crippen molar-refractivity contribution < 1.29 is 9.21 Å². The topological polar surface area (TPSA) is 48.0 Å². The minimum Gasteiger partial charge on any atom is -0.453 e. The van der Waals surface area contributed by atoms with Gasteiger partial charge in [0, 0.05) is 23.7 Å². The fraction of sp³-hybridized carbons (Fsp3) is 0.250. The molecule has 4 heteroatoms. The van der Waals surface area contributed by atoms with Gasteiger partial charge in [0.1, 0.15) is 11.4 Å². The number of carbonyl (C=O) groups is 1. The van der Waals surface area contributed by atoms with E-state index in [2.05, 4.69) is 18.8 Å². The van der Waals surface area contributed by atoms with E-state index in [9.17, 15) is 4.79 Å². The number of hydrogen-bond donors (Lipinski definition) is 0. The van der Waals surface area contributed by atoms with Gasteiger partial charge in [-0.3, -0.25) is 4.79 Å². The monoisotopic (exact) mass is 268 g/mol. The second-order valence-corrected chi connectivity index (χ2v) is 5.14. The van der Waals surface area contributed by atoms with Gasteiger partial charge in [0.15, 0.2) is 5.76 Å². The van der Waals surface area contributed by atoms with Gasteiger partial charge in [0.2, 0.25) is 5.78 Å². The minimum absolute atomic E-state index is 0.0406. The number of imidazole rings is 1. The minimum atomic E-state index is -0.0406. The molecule has 1 aromatic carbocycles. The van der Waals surface area contributed by atoms with Crippen LogP contribution in [-0.2, 0) is 6.54 Å². The van der Waals surface area contributed by atoms with Crippen molar-refractivity contribution in [1.82, 2.24) is 9.55 Å². The standard InChI is InChI=1S/C16H16N2O2/c1-11(2)16-17-7-8-18(16)10-13(19)15-9-12-5-3-4-6-14(12)20-15/h3-9,11H,10H2,1-2H3. The van der Waals surface area contributed by atoms with Crippen LogP contribution in [0.2, 0.25) is 0 Å². The van der Waals surface area contributed by atoms with E-state index in [1.165, 1.54) is 0 Å². The summed E-state index contributed by atoms with van der Waals surface area (Å²) in [7, 11) is 0. The SMILES string of the molecule is CC(C)c1nccn1CC(=O)c1cc2ccccc2o1. The maximum Gasteiger partial charge on any atom is 0.217 e. The lowest BCUT2D eigenvalue weighted by Crippen LogP contribution is -2.12. The molecule has 0 radical (unpaired) electrons. The van der Waals surface area contributed by atoms with Crippen LogP contribution >= 0.6 is 0 Å². The van der Waals surface area contributed by atoms with Crippen LogP contribution in [-0.4, -0.2) is 15.3 Å². The summed E-state index contributed by atoms with van der Waals surface area (Å²) < 4.78 is 7.47. The largest absolute Gasteiger partial charge is 0.453 e. The number of hydrogen-bond acceptors (Lipinski definition) is 3. The molecule has 0 unspecified atom stereocenters. The first-order valence-electron chi connectivity index (χ1n) is 6.68. The fourth-order valence-electron chi connectivity index (χ4n) is 2.31. The second-order valence-electron chi connectivity index (χ2n) is 5.14. The van der Waals surface area contributed by atoms with Crippen molar-refractivity contribution in [3.05, 3.63) is 54.3 Å².